The summed E-state index contributed by atoms with van der Waals surface area (Å²) in [5.41, 5.74) is 8.16. The highest BCUT2D eigenvalue weighted by Crippen LogP contribution is 2.34. The van der Waals surface area contributed by atoms with E-state index in [0.29, 0.717) is 22.0 Å². The Morgan fingerprint density at radius 3 is 2.95 bits per heavy atom. The Morgan fingerprint density at radius 2 is 2.26 bits per heavy atom. The van der Waals surface area contributed by atoms with Crippen molar-refractivity contribution in [2.45, 2.75) is 32.7 Å². The number of carbonyl (C=O) groups is 1. The molecule has 1 aliphatic heterocycles. The Balaban J connectivity index is 2.18. The monoisotopic (exact) mass is 279 g/mol. The number of carbonyl (C=O) groups excluding carboxylic acids is 1. The predicted molar refractivity (Wildman–Crippen MR) is 72.2 cm³/mol. The molecule has 2 aromatic heterocycles. The van der Waals surface area contributed by atoms with Crippen LogP contribution in [0.4, 0.5) is 5.82 Å². The zero-order valence-corrected chi connectivity index (χ0v) is 11.3. The van der Waals surface area contributed by atoms with Gasteiger partial charge in [0, 0.05) is 6.54 Å². The summed E-state index contributed by atoms with van der Waals surface area (Å²) >= 11 is 6.38. The van der Waals surface area contributed by atoms with Crippen molar-refractivity contribution in [3.8, 4) is 11.4 Å². The Hall–Kier alpha value is -1.82. The minimum atomic E-state index is -0.150. The Morgan fingerprint density at radius 1 is 1.47 bits per heavy atom. The van der Waals surface area contributed by atoms with Gasteiger partial charge in [0.25, 0.3) is 0 Å². The van der Waals surface area contributed by atoms with Crippen LogP contribution in [0, 0.1) is 0 Å². The first-order valence-corrected chi connectivity index (χ1v) is 6.57. The molecule has 6 nitrogen and oxygen atoms in total. The first-order valence-electron chi connectivity index (χ1n) is 6.20. The summed E-state index contributed by atoms with van der Waals surface area (Å²) in [6.45, 7) is 2.31. The van der Waals surface area contributed by atoms with E-state index >= 15 is 0 Å². The molecule has 0 unspecified atom stereocenters. The smallest absolute Gasteiger partial charge is 0.165 e. The number of nitrogen functional groups attached to an aromatic ring is 1. The quantitative estimate of drug-likeness (QED) is 0.823. The van der Waals surface area contributed by atoms with E-state index < -0.39 is 0 Å². The number of aryl methyl sites for hydroxylation is 1. The van der Waals surface area contributed by atoms with Gasteiger partial charge in [0.05, 0.1) is 22.0 Å². The number of halogens is 1. The number of hydrogen-bond acceptors (Lipinski definition) is 4. The van der Waals surface area contributed by atoms with Crippen LogP contribution in [0.2, 0.25) is 5.02 Å². The van der Waals surface area contributed by atoms with E-state index in [1.165, 1.54) is 6.92 Å². The van der Waals surface area contributed by atoms with E-state index in [-0.39, 0.29) is 11.6 Å². The van der Waals surface area contributed by atoms with Gasteiger partial charge in [-0.25, -0.2) is 0 Å². The number of anilines is 1. The summed E-state index contributed by atoms with van der Waals surface area (Å²) in [7, 11) is 0. The molecule has 0 aliphatic carbocycles. The molecule has 0 fully saturated rings. The molecule has 0 atom stereocenters. The number of rotatable bonds is 2. The van der Waals surface area contributed by atoms with E-state index in [0.717, 1.165) is 31.5 Å². The molecule has 3 rings (SSSR count). The molecule has 0 spiro atoms. The molecule has 0 saturated heterocycles. The minimum absolute atomic E-state index is 0.150. The lowest BCUT2D eigenvalue weighted by atomic mass is 10.1. The standard InChI is InChI=1S/C12H14ClN5O/c1-6(19)8-10(15-16-12(8)14)11-9(13)7-4-2-3-5-18(7)17-11/h2-5H2,1H3,(H3,14,15,16). The average Bonchev–Trinajstić information content (AvgIpc) is 2.91. The lowest BCUT2D eigenvalue weighted by Gasteiger charge is -2.12. The van der Waals surface area contributed by atoms with Crippen molar-refractivity contribution in [3.63, 3.8) is 0 Å². The van der Waals surface area contributed by atoms with Gasteiger partial charge >= 0.3 is 0 Å². The van der Waals surface area contributed by atoms with Crippen LogP contribution in [0.1, 0.15) is 35.8 Å². The molecule has 0 bridgehead atoms. The maximum Gasteiger partial charge on any atom is 0.165 e. The minimum Gasteiger partial charge on any atom is -0.382 e. The van der Waals surface area contributed by atoms with Crippen LogP contribution in [0.15, 0.2) is 0 Å². The van der Waals surface area contributed by atoms with Crippen LogP contribution >= 0.6 is 11.6 Å². The Bertz CT molecular complexity index is 657. The summed E-state index contributed by atoms with van der Waals surface area (Å²) in [5, 5.41) is 11.7. The Kier molecular flexibility index (Phi) is 2.82. The molecule has 3 heterocycles. The second kappa shape index (κ2) is 4.38. The summed E-state index contributed by atoms with van der Waals surface area (Å²) in [6, 6.07) is 0. The van der Waals surface area contributed by atoms with E-state index in [9.17, 15) is 4.79 Å². The number of ketones is 1. The lowest BCUT2D eigenvalue weighted by molar-refractivity contribution is 0.101. The summed E-state index contributed by atoms with van der Waals surface area (Å²) in [5.74, 6) is 0.0350. The largest absolute Gasteiger partial charge is 0.382 e. The number of H-pyrrole nitrogens is 1. The fraction of sp³-hybridized carbons (Fsp3) is 0.417. The maximum absolute atomic E-state index is 11.7. The third-order valence-corrected chi connectivity index (χ3v) is 3.81. The number of nitrogens with one attached hydrogen (secondary N) is 1. The van der Waals surface area contributed by atoms with Gasteiger partial charge in [-0.15, -0.1) is 0 Å². The van der Waals surface area contributed by atoms with Crippen LogP contribution in [0.3, 0.4) is 0 Å². The third kappa shape index (κ3) is 1.83. The van der Waals surface area contributed by atoms with Gasteiger partial charge in [0.15, 0.2) is 11.6 Å². The predicted octanol–water partition coefficient (Wildman–Crippen LogP) is 2.05. The molecule has 0 saturated carbocycles. The molecule has 0 radical (unpaired) electrons. The third-order valence-electron chi connectivity index (χ3n) is 3.41. The summed E-state index contributed by atoms with van der Waals surface area (Å²) < 4.78 is 1.90. The Labute approximate surface area is 114 Å². The fourth-order valence-corrected chi connectivity index (χ4v) is 2.82. The SMILES string of the molecule is CC(=O)c1c(N)n[nH]c1-c1nn2c(c1Cl)CCCC2. The van der Waals surface area contributed by atoms with Gasteiger partial charge in [0.2, 0.25) is 0 Å². The molecule has 1 aliphatic rings. The molecule has 2 aromatic rings. The van der Waals surface area contributed by atoms with Crippen LogP contribution in [-0.2, 0) is 13.0 Å². The average molecular weight is 280 g/mol. The second-order valence-electron chi connectivity index (χ2n) is 4.70. The van der Waals surface area contributed by atoms with Crippen molar-refractivity contribution < 1.29 is 4.79 Å². The maximum atomic E-state index is 11.7. The molecule has 0 amide bonds. The molecule has 0 aromatic carbocycles. The number of aromatic nitrogens is 4. The summed E-state index contributed by atoms with van der Waals surface area (Å²) in [4.78, 5) is 11.7. The van der Waals surface area contributed by atoms with Crippen LogP contribution < -0.4 is 5.73 Å². The van der Waals surface area contributed by atoms with Gasteiger partial charge < -0.3 is 5.73 Å². The summed E-state index contributed by atoms with van der Waals surface area (Å²) in [6.07, 6.45) is 3.11. The van der Waals surface area contributed by atoms with Crippen LogP contribution in [-0.4, -0.2) is 25.8 Å². The number of nitrogens with zero attached hydrogens (tertiary/aromatic N) is 3. The highest BCUT2D eigenvalue weighted by molar-refractivity contribution is 6.34. The van der Waals surface area contributed by atoms with Crippen LogP contribution in [0.25, 0.3) is 11.4 Å². The second-order valence-corrected chi connectivity index (χ2v) is 5.08. The van der Waals surface area contributed by atoms with Crippen molar-refractivity contribution in [1.29, 1.82) is 0 Å². The zero-order chi connectivity index (χ0) is 13.6. The zero-order valence-electron chi connectivity index (χ0n) is 10.5. The van der Waals surface area contributed by atoms with Gasteiger partial charge in [-0.3, -0.25) is 14.6 Å². The van der Waals surface area contributed by atoms with E-state index in [4.69, 9.17) is 17.3 Å². The molecule has 7 heteroatoms. The van der Waals surface area contributed by atoms with Crippen molar-refractivity contribution >= 4 is 23.2 Å². The van der Waals surface area contributed by atoms with Gasteiger partial charge in [-0.1, -0.05) is 11.6 Å². The molecular formula is C12H14ClN5O. The molecule has 3 N–H and O–H groups in total. The van der Waals surface area contributed by atoms with E-state index in [2.05, 4.69) is 15.3 Å². The first-order chi connectivity index (χ1) is 9.09. The number of nitrogens with two attached hydrogens (primary N) is 1. The van der Waals surface area contributed by atoms with E-state index in [1.807, 2.05) is 4.68 Å². The van der Waals surface area contributed by atoms with Gasteiger partial charge in [-0.2, -0.15) is 10.2 Å². The highest BCUT2D eigenvalue weighted by Gasteiger charge is 2.25. The number of Topliss-reactive ketones (excluding diaryl/α,β-unsaturated/α-hetero) is 1. The highest BCUT2D eigenvalue weighted by atomic mass is 35.5. The fourth-order valence-electron chi connectivity index (χ4n) is 2.50. The number of fused-ring (bicyclic) bond motifs is 1. The lowest BCUT2D eigenvalue weighted by Crippen LogP contribution is -2.10. The molecular weight excluding hydrogens is 266 g/mol. The van der Waals surface area contributed by atoms with Crippen molar-refractivity contribution in [2.24, 2.45) is 0 Å². The molecule has 19 heavy (non-hydrogen) atoms. The van der Waals surface area contributed by atoms with Crippen LogP contribution in [0.5, 0.6) is 0 Å². The van der Waals surface area contributed by atoms with Crippen molar-refractivity contribution in [1.82, 2.24) is 20.0 Å². The van der Waals surface area contributed by atoms with Gasteiger partial charge in [-0.05, 0) is 26.2 Å². The topological polar surface area (TPSA) is 89.6 Å². The normalized spacial score (nSPS) is 14.4. The van der Waals surface area contributed by atoms with Gasteiger partial charge in [0.1, 0.15) is 5.69 Å². The number of aromatic amines is 1. The van der Waals surface area contributed by atoms with Crippen molar-refractivity contribution in [2.75, 3.05) is 5.73 Å². The number of hydrogen-bond donors (Lipinski definition) is 2. The molecule has 100 valence electrons. The first kappa shape index (κ1) is 12.2. The van der Waals surface area contributed by atoms with Crippen molar-refractivity contribution in [3.05, 3.63) is 16.3 Å². The van der Waals surface area contributed by atoms with E-state index in [1.54, 1.807) is 0 Å².